The van der Waals surface area contributed by atoms with Crippen molar-refractivity contribution in [2.24, 2.45) is 5.10 Å². The first-order valence-electron chi connectivity index (χ1n) is 12.6. The van der Waals surface area contributed by atoms with Gasteiger partial charge in [-0.1, -0.05) is 59.1 Å². The molecule has 4 aromatic carbocycles. The molecule has 0 aliphatic carbocycles. The monoisotopic (exact) mass is 575 g/mol. The first-order valence-corrected chi connectivity index (χ1v) is 14.4. The average molecular weight is 576 g/mol. The topological polar surface area (TPSA) is 88.1 Å². The van der Waals surface area contributed by atoms with E-state index in [1.54, 1.807) is 54.6 Å². The number of aryl methyl sites for hydroxylation is 3. The van der Waals surface area contributed by atoms with Crippen molar-refractivity contribution >= 4 is 39.4 Å². The molecule has 1 N–H and O–H groups in total. The van der Waals surface area contributed by atoms with Crippen molar-refractivity contribution in [1.29, 1.82) is 0 Å². The van der Waals surface area contributed by atoms with Crippen LogP contribution in [0, 0.1) is 20.8 Å². The molecule has 0 aliphatic rings. The van der Waals surface area contributed by atoms with E-state index in [1.807, 2.05) is 57.2 Å². The van der Waals surface area contributed by atoms with Crippen LogP contribution in [0.4, 0.5) is 5.69 Å². The number of benzene rings is 4. The maximum Gasteiger partial charge on any atom is 0.264 e. The van der Waals surface area contributed by atoms with Gasteiger partial charge in [0.1, 0.15) is 18.9 Å². The van der Waals surface area contributed by atoms with Crippen LogP contribution in [0.1, 0.15) is 27.8 Å². The highest BCUT2D eigenvalue weighted by Crippen LogP contribution is 2.27. The Kier molecular flexibility index (Phi) is 9.24. The van der Waals surface area contributed by atoms with Crippen LogP contribution in [0.2, 0.25) is 5.02 Å². The summed E-state index contributed by atoms with van der Waals surface area (Å²) in [6.07, 6.45) is 1.48. The van der Waals surface area contributed by atoms with Crippen molar-refractivity contribution in [3.05, 3.63) is 124 Å². The number of sulfonamides is 1. The number of anilines is 1. The van der Waals surface area contributed by atoms with E-state index in [9.17, 15) is 13.2 Å². The van der Waals surface area contributed by atoms with Gasteiger partial charge in [0.05, 0.1) is 16.8 Å². The van der Waals surface area contributed by atoms with Gasteiger partial charge < -0.3 is 4.74 Å². The van der Waals surface area contributed by atoms with Gasteiger partial charge in [-0.25, -0.2) is 13.8 Å². The molecule has 9 heteroatoms. The molecule has 0 saturated heterocycles. The fourth-order valence-electron chi connectivity index (χ4n) is 3.96. The zero-order valence-electron chi connectivity index (χ0n) is 22.5. The number of hydrogen-bond donors (Lipinski definition) is 1. The van der Waals surface area contributed by atoms with Gasteiger partial charge in [-0.05, 0) is 92.1 Å². The zero-order valence-corrected chi connectivity index (χ0v) is 24.0. The Morgan fingerprint density at radius 3 is 2.20 bits per heavy atom. The van der Waals surface area contributed by atoms with E-state index in [0.717, 1.165) is 32.1 Å². The van der Waals surface area contributed by atoms with Crippen LogP contribution in [-0.2, 0) is 21.4 Å². The molecular formula is C31H30ClN3O4S. The summed E-state index contributed by atoms with van der Waals surface area (Å²) in [5.74, 6) is 0.108. The van der Waals surface area contributed by atoms with Crippen LogP contribution in [0.3, 0.4) is 0 Å². The molecule has 0 heterocycles. The van der Waals surface area contributed by atoms with E-state index >= 15 is 0 Å². The molecule has 4 rings (SSSR count). The number of nitrogens with zero attached hydrogens (tertiary/aromatic N) is 2. The van der Waals surface area contributed by atoms with E-state index in [1.165, 1.54) is 6.21 Å². The number of amides is 1. The molecule has 0 fully saturated rings. The molecule has 0 saturated carbocycles. The lowest BCUT2D eigenvalue weighted by Crippen LogP contribution is -2.40. The normalized spacial score (nSPS) is 11.4. The van der Waals surface area contributed by atoms with Crippen LogP contribution in [-0.4, -0.2) is 27.1 Å². The lowest BCUT2D eigenvalue weighted by molar-refractivity contribution is -0.119. The molecule has 7 nitrogen and oxygen atoms in total. The first-order chi connectivity index (χ1) is 19.1. The number of rotatable bonds is 10. The molecule has 0 aliphatic heterocycles. The predicted molar refractivity (Wildman–Crippen MR) is 160 cm³/mol. The molecule has 0 aromatic heterocycles. The summed E-state index contributed by atoms with van der Waals surface area (Å²) in [7, 11) is -4.01. The lowest BCUT2D eigenvalue weighted by Gasteiger charge is -2.25. The second-order valence-corrected chi connectivity index (χ2v) is 11.7. The van der Waals surface area contributed by atoms with E-state index in [4.69, 9.17) is 16.3 Å². The minimum atomic E-state index is -4.01. The highest BCUT2D eigenvalue weighted by Gasteiger charge is 2.28. The third-order valence-electron chi connectivity index (χ3n) is 6.12. The quantitative estimate of drug-likeness (QED) is 0.180. The molecule has 0 bridgehead atoms. The Balaban J connectivity index is 1.42. The Morgan fingerprint density at radius 2 is 1.55 bits per heavy atom. The van der Waals surface area contributed by atoms with Gasteiger partial charge in [0.15, 0.2) is 0 Å². The first kappa shape index (κ1) is 28.9. The van der Waals surface area contributed by atoms with Gasteiger partial charge >= 0.3 is 0 Å². The number of hydrazone groups is 1. The van der Waals surface area contributed by atoms with Gasteiger partial charge in [0, 0.05) is 5.02 Å². The van der Waals surface area contributed by atoms with E-state index < -0.39 is 22.5 Å². The fourth-order valence-corrected chi connectivity index (χ4v) is 5.58. The van der Waals surface area contributed by atoms with Crippen molar-refractivity contribution in [2.75, 3.05) is 10.8 Å². The summed E-state index contributed by atoms with van der Waals surface area (Å²) >= 11 is 5.91. The molecule has 40 heavy (non-hydrogen) atoms. The van der Waals surface area contributed by atoms with Crippen molar-refractivity contribution in [1.82, 2.24) is 5.43 Å². The highest BCUT2D eigenvalue weighted by molar-refractivity contribution is 7.92. The van der Waals surface area contributed by atoms with Gasteiger partial charge in [-0.15, -0.1) is 0 Å². The largest absolute Gasteiger partial charge is 0.489 e. The molecule has 0 radical (unpaired) electrons. The molecule has 0 unspecified atom stereocenters. The molecule has 206 valence electrons. The summed E-state index contributed by atoms with van der Waals surface area (Å²) in [4.78, 5) is 13.0. The maximum atomic E-state index is 13.6. The van der Waals surface area contributed by atoms with Crippen molar-refractivity contribution < 1.29 is 17.9 Å². The molecular weight excluding hydrogens is 546 g/mol. The van der Waals surface area contributed by atoms with Gasteiger partial charge in [0.25, 0.3) is 15.9 Å². The minimum absolute atomic E-state index is 0.104. The molecule has 0 atom stereocenters. The smallest absolute Gasteiger partial charge is 0.264 e. The van der Waals surface area contributed by atoms with Gasteiger partial charge in [-0.3, -0.25) is 9.10 Å². The van der Waals surface area contributed by atoms with E-state index in [0.29, 0.717) is 23.1 Å². The van der Waals surface area contributed by atoms with Crippen LogP contribution in [0.25, 0.3) is 0 Å². The Hall–Kier alpha value is -4.14. The Morgan fingerprint density at radius 1 is 0.900 bits per heavy atom. The average Bonchev–Trinajstić information content (AvgIpc) is 2.93. The van der Waals surface area contributed by atoms with Crippen LogP contribution < -0.4 is 14.5 Å². The summed E-state index contributed by atoms with van der Waals surface area (Å²) in [5, 5.41) is 4.69. The molecule has 4 aromatic rings. The number of carbonyl (C=O) groups is 1. The van der Waals surface area contributed by atoms with E-state index in [2.05, 4.69) is 10.5 Å². The zero-order chi connectivity index (χ0) is 28.7. The Labute approximate surface area is 240 Å². The molecule has 0 spiro atoms. The summed E-state index contributed by atoms with van der Waals surface area (Å²) in [6.45, 7) is 5.60. The number of hydrogen-bond acceptors (Lipinski definition) is 5. The summed E-state index contributed by atoms with van der Waals surface area (Å²) < 4.78 is 34.1. The molecule has 1 amide bonds. The number of ether oxygens (including phenoxy) is 1. The second-order valence-electron chi connectivity index (χ2n) is 9.39. The van der Waals surface area contributed by atoms with Crippen LogP contribution in [0.15, 0.2) is 101 Å². The summed E-state index contributed by atoms with van der Waals surface area (Å²) in [5.41, 5.74) is 7.27. The number of nitrogens with one attached hydrogen (secondary N) is 1. The SMILES string of the molecule is Cc1ccc(S(=O)(=O)N(CC(=O)N/N=C\c2ccc(OCc3ccc(Cl)cc3)cc2)c2ccc(C)cc2C)cc1. The second kappa shape index (κ2) is 12.8. The van der Waals surface area contributed by atoms with Crippen LogP contribution in [0.5, 0.6) is 5.75 Å². The van der Waals surface area contributed by atoms with Crippen molar-refractivity contribution in [2.45, 2.75) is 32.3 Å². The Bertz CT molecular complexity index is 1600. The highest BCUT2D eigenvalue weighted by atomic mass is 35.5. The predicted octanol–water partition coefficient (Wildman–Crippen LogP) is 6.19. The lowest BCUT2D eigenvalue weighted by atomic mass is 10.1. The fraction of sp³-hybridized carbons (Fsp3) is 0.161. The van der Waals surface area contributed by atoms with Crippen LogP contribution >= 0.6 is 11.6 Å². The van der Waals surface area contributed by atoms with Gasteiger partial charge in [-0.2, -0.15) is 5.10 Å². The van der Waals surface area contributed by atoms with Crippen molar-refractivity contribution in [3.63, 3.8) is 0 Å². The summed E-state index contributed by atoms with van der Waals surface area (Å²) in [6, 6.07) is 26.6. The minimum Gasteiger partial charge on any atom is -0.489 e. The maximum absolute atomic E-state index is 13.6. The third-order valence-corrected chi connectivity index (χ3v) is 8.14. The van der Waals surface area contributed by atoms with Crippen molar-refractivity contribution in [3.8, 4) is 5.75 Å². The standard InChI is InChI=1S/C31H30ClN3O4S/c1-22-4-15-29(16-5-22)40(37,38)35(30-17-6-23(2)18-24(30)3)20-31(36)34-33-19-25-9-13-28(14-10-25)39-21-26-7-11-27(32)12-8-26/h4-19H,20-21H2,1-3H3,(H,34,36)/b33-19-. The van der Waals surface area contributed by atoms with E-state index in [-0.39, 0.29) is 4.90 Å². The third kappa shape index (κ3) is 7.49. The number of halogens is 1. The van der Waals surface area contributed by atoms with Gasteiger partial charge in [0.2, 0.25) is 0 Å². The number of carbonyl (C=O) groups excluding carboxylic acids is 1.